The molecule has 0 spiro atoms. The zero-order chi connectivity index (χ0) is 13.9. The van der Waals surface area contributed by atoms with Crippen molar-refractivity contribution in [3.8, 4) is 0 Å². The van der Waals surface area contributed by atoms with Gasteiger partial charge >= 0.3 is 0 Å². The summed E-state index contributed by atoms with van der Waals surface area (Å²) in [5.41, 5.74) is 0.377. The Morgan fingerprint density at radius 2 is 1.89 bits per heavy atom. The van der Waals surface area contributed by atoms with E-state index in [0.29, 0.717) is 11.5 Å². The van der Waals surface area contributed by atoms with Gasteiger partial charge in [0, 0.05) is 12.1 Å². The van der Waals surface area contributed by atoms with Crippen LogP contribution in [0.5, 0.6) is 0 Å². The van der Waals surface area contributed by atoms with Crippen LogP contribution in [-0.2, 0) is 0 Å². The van der Waals surface area contributed by atoms with Crippen molar-refractivity contribution < 1.29 is 0 Å². The number of nitrogens with one attached hydrogen (secondary N) is 1. The van der Waals surface area contributed by atoms with E-state index in [9.17, 15) is 0 Å². The first-order valence-electron chi connectivity index (χ1n) is 8.49. The lowest BCUT2D eigenvalue weighted by Gasteiger charge is -2.36. The Bertz CT molecular complexity index is 269. The van der Waals surface area contributed by atoms with E-state index >= 15 is 0 Å². The maximum Gasteiger partial charge on any atom is 0.0128 e. The van der Waals surface area contributed by atoms with E-state index in [1.807, 2.05) is 0 Å². The summed E-state index contributed by atoms with van der Waals surface area (Å²) >= 11 is 0. The summed E-state index contributed by atoms with van der Waals surface area (Å²) in [7, 11) is 0. The van der Waals surface area contributed by atoms with Gasteiger partial charge in [-0.25, -0.2) is 0 Å². The van der Waals surface area contributed by atoms with Crippen LogP contribution in [0, 0.1) is 11.3 Å². The zero-order valence-corrected chi connectivity index (χ0v) is 13.5. The highest BCUT2D eigenvalue weighted by atomic mass is 15.2. The van der Waals surface area contributed by atoms with Gasteiger partial charge < -0.3 is 10.2 Å². The van der Waals surface area contributed by atoms with Crippen molar-refractivity contribution in [1.82, 2.24) is 10.2 Å². The molecule has 0 aromatic heterocycles. The van der Waals surface area contributed by atoms with Crippen molar-refractivity contribution in [1.29, 1.82) is 0 Å². The Hall–Kier alpha value is -0.0800. The molecule has 0 aromatic rings. The number of nitrogens with zero attached hydrogens (tertiary/aromatic N) is 1. The van der Waals surface area contributed by atoms with Crippen LogP contribution in [0.4, 0.5) is 0 Å². The Morgan fingerprint density at radius 1 is 1.16 bits per heavy atom. The second-order valence-corrected chi connectivity index (χ2v) is 7.70. The highest BCUT2D eigenvalue weighted by Crippen LogP contribution is 2.36. The molecular formula is C17H34N2. The van der Waals surface area contributed by atoms with E-state index < -0.39 is 0 Å². The molecule has 2 heteroatoms. The summed E-state index contributed by atoms with van der Waals surface area (Å²) in [5, 5.41) is 3.69. The molecule has 0 amide bonds. The average Bonchev–Trinajstić information content (AvgIpc) is 2.76. The Morgan fingerprint density at radius 3 is 2.58 bits per heavy atom. The molecule has 0 radical (unpaired) electrons. The van der Waals surface area contributed by atoms with E-state index in [1.165, 1.54) is 51.6 Å². The van der Waals surface area contributed by atoms with Crippen LogP contribution in [0.15, 0.2) is 0 Å². The number of likely N-dealkylation sites (tertiary alicyclic amines) is 1. The van der Waals surface area contributed by atoms with E-state index in [4.69, 9.17) is 0 Å². The molecule has 1 saturated heterocycles. The van der Waals surface area contributed by atoms with E-state index in [2.05, 4.69) is 37.9 Å². The molecule has 0 bridgehead atoms. The van der Waals surface area contributed by atoms with Crippen LogP contribution < -0.4 is 5.32 Å². The van der Waals surface area contributed by atoms with Gasteiger partial charge in [-0.3, -0.25) is 0 Å². The average molecular weight is 266 g/mol. The van der Waals surface area contributed by atoms with Crippen LogP contribution in [-0.4, -0.2) is 36.6 Å². The number of fused-ring (bicyclic) bond motifs is 1. The quantitative estimate of drug-likeness (QED) is 0.817. The highest BCUT2D eigenvalue weighted by Gasteiger charge is 2.36. The normalized spacial score (nSPS) is 30.3. The summed E-state index contributed by atoms with van der Waals surface area (Å²) in [6.45, 7) is 13.1. The number of hydrogen-bond acceptors (Lipinski definition) is 2. The molecule has 3 atom stereocenters. The molecule has 3 unspecified atom stereocenters. The molecule has 1 saturated carbocycles. The van der Waals surface area contributed by atoms with Gasteiger partial charge in [-0.2, -0.15) is 0 Å². The minimum Gasteiger partial charge on any atom is -0.314 e. The topological polar surface area (TPSA) is 15.3 Å². The van der Waals surface area contributed by atoms with Crippen LogP contribution >= 0.6 is 0 Å². The largest absolute Gasteiger partial charge is 0.314 e. The van der Waals surface area contributed by atoms with Gasteiger partial charge in [-0.15, -0.1) is 0 Å². The first kappa shape index (κ1) is 15.3. The Kier molecular flexibility index (Phi) is 5.30. The lowest BCUT2D eigenvalue weighted by atomic mass is 9.83. The van der Waals surface area contributed by atoms with Crippen LogP contribution in [0.2, 0.25) is 0 Å². The molecule has 1 aliphatic heterocycles. The highest BCUT2D eigenvalue weighted by molar-refractivity contribution is 4.91. The van der Waals surface area contributed by atoms with Gasteiger partial charge in [-0.05, 0) is 56.7 Å². The summed E-state index contributed by atoms with van der Waals surface area (Å²) < 4.78 is 0. The molecule has 2 aliphatic rings. The molecule has 19 heavy (non-hydrogen) atoms. The molecule has 1 aliphatic carbocycles. The Labute approximate surface area is 120 Å². The first-order valence-corrected chi connectivity index (χ1v) is 8.49. The summed E-state index contributed by atoms with van der Waals surface area (Å²) in [4.78, 5) is 2.81. The summed E-state index contributed by atoms with van der Waals surface area (Å²) in [5.74, 6) is 1.03. The first-order chi connectivity index (χ1) is 9.02. The smallest absolute Gasteiger partial charge is 0.0128 e. The second-order valence-electron chi connectivity index (χ2n) is 7.70. The predicted octanol–water partition coefficient (Wildman–Crippen LogP) is 3.67. The molecule has 2 nitrogen and oxygen atoms in total. The minimum absolute atomic E-state index is 0.377. The SMILES string of the molecule is CCNC(CCN1CCC2CCCCC21)C(C)(C)C. The van der Waals surface area contributed by atoms with Crippen molar-refractivity contribution in [3.63, 3.8) is 0 Å². The van der Waals surface area contributed by atoms with Crippen molar-refractivity contribution in [2.45, 2.75) is 78.3 Å². The third kappa shape index (κ3) is 3.95. The molecule has 2 fully saturated rings. The molecule has 1 N–H and O–H groups in total. The maximum absolute atomic E-state index is 3.69. The fraction of sp³-hybridized carbons (Fsp3) is 1.00. The standard InChI is InChI=1S/C17H34N2/c1-5-18-16(17(2,3)4)11-13-19-12-10-14-8-6-7-9-15(14)19/h14-16,18H,5-13H2,1-4H3. The van der Waals surface area contributed by atoms with Crippen LogP contribution in [0.25, 0.3) is 0 Å². The second kappa shape index (κ2) is 6.58. The third-order valence-corrected chi connectivity index (χ3v) is 5.33. The third-order valence-electron chi connectivity index (χ3n) is 5.33. The number of rotatable bonds is 5. The molecule has 0 aromatic carbocycles. The van der Waals surface area contributed by atoms with Gasteiger partial charge in [0.25, 0.3) is 0 Å². The Balaban J connectivity index is 1.83. The molecule has 112 valence electrons. The van der Waals surface area contributed by atoms with Gasteiger partial charge in [0.2, 0.25) is 0 Å². The van der Waals surface area contributed by atoms with Crippen molar-refractivity contribution >= 4 is 0 Å². The molecule has 1 heterocycles. The predicted molar refractivity (Wildman–Crippen MR) is 83.5 cm³/mol. The van der Waals surface area contributed by atoms with E-state index in [0.717, 1.165) is 18.5 Å². The van der Waals surface area contributed by atoms with Gasteiger partial charge in [0.1, 0.15) is 0 Å². The van der Waals surface area contributed by atoms with Crippen LogP contribution in [0.3, 0.4) is 0 Å². The fourth-order valence-corrected chi connectivity index (χ4v) is 4.16. The lowest BCUT2D eigenvalue weighted by Crippen LogP contribution is -2.44. The van der Waals surface area contributed by atoms with E-state index in [-0.39, 0.29) is 0 Å². The van der Waals surface area contributed by atoms with Crippen molar-refractivity contribution in [2.24, 2.45) is 11.3 Å². The molecule has 2 rings (SSSR count). The summed E-state index contributed by atoms with van der Waals surface area (Å²) in [6.07, 6.45) is 8.68. The zero-order valence-electron chi connectivity index (χ0n) is 13.5. The molecular weight excluding hydrogens is 232 g/mol. The van der Waals surface area contributed by atoms with Gasteiger partial charge in [0.05, 0.1) is 0 Å². The van der Waals surface area contributed by atoms with Crippen molar-refractivity contribution in [3.05, 3.63) is 0 Å². The van der Waals surface area contributed by atoms with Crippen molar-refractivity contribution in [2.75, 3.05) is 19.6 Å². The minimum atomic E-state index is 0.377. The van der Waals surface area contributed by atoms with Gasteiger partial charge in [0.15, 0.2) is 0 Å². The lowest BCUT2D eigenvalue weighted by molar-refractivity contribution is 0.158. The van der Waals surface area contributed by atoms with Crippen LogP contribution in [0.1, 0.15) is 66.2 Å². The maximum atomic E-state index is 3.69. The fourth-order valence-electron chi connectivity index (χ4n) is 4.16. The van der Waals surface area contributed by atoms with Gasteiger partial charge in [-0.1, -0.05) is 40.5 Å². The van der Waals surface area contributed by atoms with E-state index in [1.54, 1.807) is 0 Å². The monoisotopic (exact) mass is 266 g/mol. The summed E-state index contributed by atoms with van der Waals surface area (Å²) in [6, 6.07) is 1.58. The number of hydrogen-bond donors (Lipinski definition) is 1.